The van der Waals surface area contributed by atoms with E-state index in [1.54, 1.807) is 16.8 Å². The lowest BCUT2D eigenvalue weighted by molar-refractivity contribution is -0.138. The fraction of sp³-hybridized carbons (Fsp3) is 0.700. The number of halogens is 1. The number of rotatable bonds is 6. The highest BCUT2D eigenvalue weighted by Gasteiger charge is 2.42. The molecule has 1 aromatic heterocycles. The molecule has 6 nitrogen and oxygen atoms in total. The fourth-order valence-electron chi connectivity index (χ4n) is 4.30. The molecule has 1 aromatic rings. The summed E-state index contributed by atoms with van der Waals surface area (Å²) in [6.07, 6.45) is 5.35. The summed E-state index contributed by atoms with van der Waals surface area (Å²) in [7, 11) is 5.50. The number of thiophene rings is 1. The van der Waals surface area contributed by atoms with Crippen LogP contribution in [0.5, 0.6) is 0 Å². The maximum absolute atomic E-state index is 12.7. The van der Waals surface area contributed by atoms with E-state index in [9.17, 15) is 4.79 Å². The van der Waals surface area contributed by atoms with Crippen LogP contribution in [0, 0.1) is 5.41 Å². The normalized spacial score (nSPS) is 18.9. The predicted octanol–water partition coefficient (Wildman–Crippen LogP) is 2.54. The molecule has 8 heteroatoms. The van der Waals surface area contributed by atoms with E-state index in [2.05, 4.69) is 32.0 Å². The number of guanidine groups is 1. The zero-order valence-corrected chi connectivity index (χ0v) is 20.4. The minimum absolute atomic E-state index is 0. The Hall–Kier alpha value is -0.870. The van der Waals surface area contributed by atoms with Crippen LogP contribution in [-0.4, -0.2) is 69.0 Å². The van der Waals surface area contributed by atoms with Crippen molar-refractivity contribution in [3.63, 3.8) is 0 Å². The van der Waals surface area contributed by atoms with Crippen LogP contribution < -0.4 is 10.6 Å². The monoisotopic (exact) mass is 519 g/mol. The molecule has 0 aromatic carbocycles. The van der Waals surface area contributed by atoms with Gasteiger partial charge in [-0.05, 0) is 36.3 Å². The third-order valence-electron chi connectivity index (χ3n) is 5.85. The number of fused-ring (bicyclic) bond motifs is 1. The quantitative estimate of drug-likeness (QED) is 0.345. The van der Waals surface area contributed by atoms with Gasteiger partial charge in [0.15, 0.2) is 5.96 Å². The number of amides is 1. The smallest absolute Gasteiger partial charge is 0.230 e. The number of hydrogen-bond donors (Lipinski definition) is 2. The second kappa shape index (κ2) is 10.8. The Kier molecular flexibility index (Phi) is 9.01. The molecule has 1 saturated carbocycles. The van der Waals surface area contributed by atoms with E-state index >= 15 is 0 Å². The second-order valence-electron chi connectivity index (χ2n) is 7.93. The van der Waals surface area contributed by atoms with Crippen molar-refractivity contribution in [2.45, 2.75) is 38.6 Å². The molecule has 1 fully saturated rings. The van der Waals surface area contributed by atoms with Crippen molar-refractivity contribution in [3.05, 3.63) is 21.9 Å². The molecule has 158 valence electrons. The summed E-state index contributed by atoms with van der Waals surface area (Å²) in [6.45, 7) is 4.69. The lowest BCUT2D eigenvalue weighted by Gasteiger charge is -2.31. The van der Waals surface area contributed by atoms with Gasteiger partial charge in [0, 0.05) is 58.7 Å². The average Bonchev–Trinajstić information content (AvgIpc) is 3.33. The van der Waals surface area contributed by atoms with E-state index in [4.69, 9.17) is 0 Å². The van der Waals surface area contributed by atoms with E-state index in [0.717, 1.165) is 64.2 Å². The van der Waals surface area contributed by atoms with Crippen LogP contribution in [0.4, 0.5) is 0 Å². The van der Waals surface area contributed by atoms with Crippen LogP contribution in [0.15, 0.2) is 16.4 Å². The van der Waals surface area contributed by atoms with Crippen molar-refractivity contribution in [2.75, 3.05) is 47.3 Å². The standard InChI is InChI=1S/C20H33N5OS.HI/c1-21-19(23-15-20(8-4-5-9-20)18(26)24(2)3)22-10-12-25-11-6-17-16(14-25)7-13-27-17;/h7,13H,4-6,8-12,14-15H2,1-3H3,(H2,21,22,23);1H. The minimum atomic E-state index is -0.274. The van der Waals surface area contributed by atoms with Crippen molar-refractivity contribution < 1.29 is 4.79 Å². The molecule has 0 saturated heterocycles. The Labute approximate surface area is 190 Å². The van der Waals surface area contributed by atoms with Crippen LogP contribution in [0.3, 0.4) is 0 Å². The number of carbonyl (C=O) groups excluding carboxylic acids is 1. The highest BCUT2D eigenvalue weighted by molar-refractivity contribution is 14.0. The predicted molar refractivity (Wildman–Crippen MR) is 128 cm³/mol. The van der Waals surface area contributed by atoms with Gasteiger partial charge in [0.2, 0.25) is 5.91 Å². The Morgan fingerprint density at radius 1 is 1.32 bits per heavy atom. The van der Waals surface area contributed by atoms with Gasteiger partial charge in [-0.1, -0.05) is 12.8 Å². The van der Waals surface area contributed by atoms with Gasteiger partial charge in [-0.15, -0.1) is 35.3 Å². The van der Waals surface area contributed by atoms with Gasteiger partial charge < -0.3 is 15.5 Å². The number of hydrogen-bond acceptors (Lipinski definition) is 4. The summed E-state index contributed by atoms with van der Waals surface area (Å²) in [5.74, 6) is 1.03. The molecule has 28 heavy (non-hydrogen) atoms. The van der Waals surface area contributed by atoms with Gasteiger partial charge in [0.05, 0.1) is 5.41 Å². The van der Waals surface area contributed by atoms with Gasteiger partial charge in [-0.3, -0.25) is 14.7 Å². The zero-order valence-electron chi connectivity index (χ0n) is 17.3. The molecule has 0 bridgehead atoms. The summed E-state index contributed by atoms with van der Waals surface area (Å²) >= 11 is 1.88. The molecule has 3 rings (SSSR count). The molecular weight excluding hydrogens is 485 g/mol. The topological polar surface area (TPSA) is 60.0 Å². The molecule has 1 aliphatic carbocycles. The molecule has 1 amide bonds. The lowest BCUT2D eigenvalue weighted by atomic mass is 9.84. The second-order valence-corrected chi connectivity index (χ2v) is 8.94. The van der Waals surface area contributed by atoms with E-state index in [1.807, 2.05) is 25.4 Å². The summed E-state index contributed by atoms with van der Waals surface area (Å²) < 4.78 is 0. The van der Waals surface area contributed by atoms with Crippen LogP contribution in [0.25, 0.3) is 0 Å². The Morgan fingerprint density at radius 3 is 2.75 bits per heavy atom. The van der Waals surface area contributed by atoms with Crippen molar-refractivity contribution >= 4 is 47.2 Å². The highest BCUT2D eigenvalue weighted by Crippen LogP contribution is 2.38. The van der Waals surface area contributed by atoms with E-state index in [-0.39, 0.29) is 35.3 Å². The molecule has 0 unspecified atom stereocenters. The van der Waals surface area contributed by atoms with E-state index in [1.165, 1.54) is 5.56 Å². The summed E-state index contributed by atoms with van der Waals surface area (Å²) in [6, 6.07) is 2.25. The SMILES string of the molecule is CN=C(NCCN1CCc2sccc2C1)NCC1(C(=O)N(C)C)CCCC1.I. The van der Waals surface area contributed by atoms with E-state index < -0.39 is 0 Å². The van der Waals surface area contributed by atoms with Gasteiger partial charge in [-0.25, -0.2) is 0 Å². The van der Waals surface area contributed by atoms with Crippen LogP contribution >= 0.6 is 35.3 Å². The highest BCUT2D eigenvalue weighted by atomic mass is 127. The minimum Gasteiger partial charge on any atom is -0.355 e. The van der Waals surface area contributed by atoms with Gasteiger partial charge in [-0.2, -0.15) is 0 Å². The van der Waals surface area contributed by atoms with Gasteiger partial charge >= 0.3 is 0 Å². The molecular formula is C20H34IN5OS. The molecule has 2 heterocycles. The molecule has 0 spiro atoms. The maximum Gasteiger partial charge on any atom is 0.230 e. The van der Waals surface area contributed by atoms with Crippen molar-refractivity contribution in [3.8, 4) is 0 Å². The van der Waals surface area contributed by atoms with Gasteiger partial charge in [0.25, 0.3) is 0 Å². The van der Waals surface area contributed by atoms with Crippen molar-refractivity contribution in [2.24, 2.45) is 10.4 Å². The Bertz CT molecular complexity index is 669. The third kappa shape index (κ3) is 5.60. The van der Waals surface area contributed by atoms with Crippen LogP contribution in [-0.2, 0) is 17.8 Å². The number of carbonyl (C=O) groups is 1. The average molecular weight is 519 g/mol. The first-order chi connectivity index (χ1) is 13.0. The largest absolute Gasteiger partial charge is 0.355 e. The molecule has 2 N–H and O–H groups in total. The summed E-state index contributed by atoms with van der Waals surface area (Å²) in [5.41, 5.74) is 1.21. The molecule has 0 radical (unpaired) electrons. The first-order valence-electron chi connectivity index (χ1n) is 9.98. The number of nitrogens with zero attached hydrogens (tertiary/aromatic N) is 3. The number of nitrogens with one attached hydrogen (secondary N) is 2. The van der Waals surface area contributed by atoms with Crippen LogP contribution in [0.1, 0.15) is 36.1 Å². The zero-order chi connectivity index (χ0) is 19.3. The van der Waals surface area contributed by atoms with E-state index in [0.29, 0.717) is 6.54 Å². The number of aliphatic imine (C=N–C) groups is 1. The van der Waals surface area contributed by atoms with Crippen LogP contribution in [0.2, 0.25) is 0 Å². The third-order valence-corrected chi connectivity index (χ3v) is 6.87. The Balaban J connectivity index is 0.00000280. The Morgan fingerprint density at radius 2 is 2.07 bits per heavy atom. The summed E-state index contributed by atoms with van der Waals surface area (Å²) in [4.78, 5) is 22.8. The maximum atomic E-state index is 12.7. The summed E-state index contributed by atoms with van der Waals surface area (Å²) in [5, 5.41) is 9.03. The first-order valence-corrected chi connectivity index (χ1v) is 10.9. The van der Waals surface area contributed by atoms with Gasteiger partial charge in [0.1, 0.15) is 0 Å². The van der Waals surface area contributed by atoms with Crippen molar-refractivity contribution in [1.29, 1.82) is 0 Å². The molecule has 2 aliphatic rings. The molecule has 0 atom stereocenters. The van der Waals surface area contributed by atoms with Crippen molar-refractivity contribution in [1.82, 2.24) is 20.4 Å². The fourth-order valence-corrected chi connectivity index (χ4v) is 5.19. The molecule has 1 aliphatic heterocycles. The lowest BCUT2D eigenvalue weighted by Crippen LogP contribution is -2.50. The first kappa shape index (κ1) is 23.4.